The van der Waals surface area contributed by atoms with Crippen molar-refractivity contribution in [3.8, 4) is 0 Å². The number of allylic oxidation sites excluding steroid dienone is 1. The molecule has 0 radical (unpaired) electrons. The summed E-state index contributed by atoms with van der Waals surface area (Å²) in [5.74, 6) is 0.757. The molecule has 1 saturated carbocycles. The molecule has 12 heavy (non-hydrogen) atoms. The molecule has 1 aliphatic rings. The van der Waals surface area contributed by atoms with Gasteiger partial charge in [-0.3, -0.25) is 4.90 Å². The number of rotatable bonds is 5. The summed E-state index contributed by atoms with van der Waals surface area (Å²) in [5, 5.41) is 0. The lowest BCUT2D eigenvalue weighted by atomic mass is 10.3. The van der Waals surface area contributed by atoms with Gasteiger partial charge in [-0.05, 0) is 26.7 Å². The molecule has 0 unspecified atom stereocenters. The van der Waals surface area contributed by atoms with Crippen LogP contribution < -0.4 is 0 Å². The third kappa shape index (κ3) is 3.59. The monoisotopic (exact) mass is 187 g/mol. The van der Waals surface area contributed by atoms with E-state index in [1.54, 1.807) is 0 Å². The molecule has 0 amide bonds. The second kappa shape index (κ2) is 4.88. The maximum absolute atomic E-state index is 5.72. The molecule has 0 atom stereocenters. The number of halogens is 1. The van der Waals surface area contributed by atoms with Gasteiger partial charge in [0.1, 0.15) is 0 Å². The van der Waals surface area contributed by atoms with Crippen molar-refractivity contribution >= 4 is 11.6 Å². The Labute approximate surface area is 80.4 Å². The zero-order chi connectivity index (χ0) is 8.97. The normalized spacial score (nSPS) is 16.7. The zero-order valence-corrected chi connectivity index (χ0v) is 8.77. The van der Waals surface area contributed by atoms with E-state index >= 15 is 0 Å². The highest BCUT2D eigenvalue weighted by atomic mass is 35.5. The van der Waals surface area contributed by atoms with Crippen LogP contribution in [0.1, 0.15) is 26.7 Å². The van der Waals surface area contributed by atoms with E-state index in [4.69, 9.17) is 11.6 Å². The van der Waals surface area contributed by atoms with Gasteiger partial charge in [-0.1, -0.05) is 11.6 Å². The van der Waals surface area contributed by atoms with Crippen molar-refractivity contribution in [1.82, 2.24) is 4.90 Å². The molecule has 0 aromatic heterocycles. The second-order valence-electron chi connectivity index (χ2n) is 3.70. The highest BCUT2D eigenvalue weighted by Gasteiger charge is 2.27. The predicted molar refractivity (Wildman–Crippen MR) is 54.7 cm³/mol. The van der Waals surface area contributed by atoms with Crippen molar-refractivity contribution in [3.05, 3.63) is 11.6 Å². The lowest BCUT2D eigenvalue weighted by Gasteiger charge is -2.18. The summed E-state index contributed by atoms with van der Waals surface area (Å²) in [7, 11) is 0. The fraction of sp³-hybridized carbons (Fsp3) is 0.800. The van der Waals surface area contributed by atoms with Crippen LogP contribution in [0, 0.1) is 0 Å². The predicted octanol–water partition coefficient (Wildman–Crippen LogP) is 2.66. The van der Waals surface area contributed by atoms with E-state index in [1.807, 2.05) is 0 Å². The number of nitrogens with zero attached hydrogens (tertiary/aromatic N) is 1. The maximum atomic E-state index is 5.72. The Morgan fingerprint density at radius 3 is 2.58 bits per heavy atom. The molecule has 0 aromatic carbocycles. The summed E-state index contributed by atoms with van der Waals surface area (Å²) < 4.78 is 0. The lowest BCUT2D eigenvalue weighted by molar-refractivity contribution is 0.310. The second-order valence-corrected chi connectivity index (χ2v) is 4.07. The van der Waals surface area contributed by atoms with Crippen molar-refractivity contribution < 1.29 is 0 Å². The smallest absolute Gasteiger partial charge is 0.0351 e. The van der Waals surface area contributed by atoms with Crippen LogP contribution in [0.4, 0.5) is 0 Å². The fourth-order valence-corrected chi connectivity index (χ4v) is 1.49. The van der Waals surface area contributed by atoms with E-state index in [9.17, 15) is 0 Å². The highest BCUT2D eigenvalue weighted by molar-refractivity contribution is 6.18. The minimum absolute atomic E-state index is 0.757. The van der Waals surface area contributed by atoms with Gasteiger partial charge in [0.2, 0.25) is 0 Å². The summed E-state index contributed by atoms with van der Waals surface area (Å²) in [6.07, 6.45) is 5.02. The van der Waals surface area contributed by atoms with Crippen LogP contribution >= 0.6 is 11.6 Å². The van der Waals surface area contributed by atoms with Gasteiger partial charge in [0.25, 0.3) is 0 Å². The molecule has 1 aliphatic carbocycles. The molecule has 70 valence electrons. The van der Waals surface area contributed by atoms with Gasteiger partial charge in [0, 0.05) is 25.0 Å². The average molecular weight is 188 g/mol. The van der Waals surface area contributed by atoms with Crippen molar-refractivity contribution in [3.63, 3.8) is 0 Å². The highest BCUT2D eigenvalue weighted by Crippen LogP contribution is 2.26. The molecular formula is C10H18ClN. The van der Waals surface area contributed by atoms with Crippen LogP contribution in [0.25, 0.3) is 0 Å². The molecule has 0 bridgehead atoms. The first-order valence-corrected chi connectivity index (χ1v) is 5.21. The standard InChI is InChI=1S/C10H18ClN/c1-9(2)5-7-12(8-6-11)10-3-4-10/h5,10H,3-4,6-8H2,1-2H3. The van der Waals surface area contributed by atoms with Gasteiger partial charge < -0.3 is 0 Å². The molecule has 0 saturated heterocycles. The van der Waals surface area contributed by atoms with Crippen molar-refractivity contribution in [2.45, 2.75) is 32.7 Å². The molecule has 1 fully saturated rings. The summed E-state index contributed by atoms with van der Waals surface area (Å²) >= 11 is 5.72. The van der Waals surface area contributed by atoms with E-state index in [1.165, 1.54) is 18.4 Å². The Kier molecular flexibility index (Phi) is 4.10. The van der Waals surface area contributed by atoms with E-state index in [2.05, 4.69) is 24.8 Å². The number of hydrogen-bond acceptors (Lipinski definition) is 1. The molecule has 0 N–H and O–H groups in total. The third-order valence-electron chi connectivity index (χ3n) is 2.17. The maximum Gasteiger partial charge on any atom is 0.0351 e. The zero-order valence-electron chi connectivity index (χ0n) is 8.02. The third-order valence-corrected chi connectivity index (χ3v) is 2.34. The van der Waals surface area contributed by atoms with Gasteiger partial charge in [0.15, 0.2) is 0 Å². The molecular weight excluding hydrogens is 170 g/mol. The Morgan fingerprint density at radius 2 is 2.17 bits per heavy atom. The summed E-state index contributed by atoms with van der Waals surface area (Å²) in [6.45, 7) is 6.41. The Hall–Kier alpha value is -0.0100. The molecule has 2 heteroatoms. The topological polar surface area (TPSA) is 3.24 Å². The van der Waals surface area contributed by atoms with Crippen LogP contribution in [0.3, 0.4) is 0 Å². The van der Waals surface area contributed by atoms with E-state index in [0.717, 1.165) is 25.0 Å². The molecule has 0 aliphatic heterocycles. The number of alkyl halides is 1. The quantitative estimate of drug-likeness (QED) is 0.473. The van der Waals surface area contributed by atoms with E-state index in [0.29, 0.717) is 0 Å². The van der Waals surface area contributed by atoms with Crippen molar-refractivity contribution in [2.24, 2.45) is 0 Å². The van der Waals surface area contributed by atoms with Crippen molar-refractivity contribution in [2.75, 3.05) is 19.0 Å². The van der Waals surface area contributed by atoms with E-state index in [-0.39, 0.29) is 0 Å². The number of hydrogen-bond donors (Lipinski definition) is 0. The molecule has 0 spiro atoms. The Morgan fingerprint density at radius 1 is 1.50 bits per heavy atom. The Balaban J connectivity index is 2.27. The summed E-state index contributed by atoms with van der Waals surface area (Å²) in [6, 6.07) is 0.833. The largest absolute Gasteiger partial charge is 0.296 e. The van der Waals surface area contributed by atoms with Crippen LogP contribution in [0.5, 0.6) is 0 Å². The first-order chi connectivity index (χ1) is 5.74. The van der Waals surface area contributed by atoms with Crippen LogP contribution in [-0.4, -0.2) is 29.9 Å². The van der Waals surface area contributed by atoms with Gasteiger partial charge in [-0.15, -0.1) is 11.6 Å². The Bertz CT molecular complexity index is 157. The summed E-state index contributed by atoms with van der Waals surface area (Å²) in [4.78, 5) is 2.47. The molecule has 0 heterocycles. The molecule has 1 nitrogen and oxygen atoms in total. The molecule has 0 aromatic rings. The van der Waals surface area contributed by atoms with Crippen LogP contribution in [0.15, 0.2) is 11.6 Å². The summed E-state index contributed by atoms with van der Waals surface area (Å²) in [5.41, 5.74) is 1.40. The van der Waals surface area contributed by atoms with Gasteiger partial charge in [0.05, 0.1) is 0 Å². The van der Waals surface area contributed by atoms with Gasteiger partial charge in [-0.2, -0.15) is 0 Å². The first kappa shape index (κ1) is 10.1. The molecule has 1 rings (SSSR count). The van der Waals surface area contributed by atoms with Gasteiger partial charge in [-0.25, -0.2) is 0 Å². The van der Waals surface area contributed by atoms with E-state index < -0.39 is 0 Å². The lowest BCUT2D eigenvalue weighted by Crippen LogP contribution is -2.28. The first-order valence-electron chi connectivity index (χ1n) is 4.67. The van der Waals surface area contributed by atoms with Crippen LogP contribution in [0.2, 0.25) is 0 Å². The SMILES string of the molecule is CC(C)=CCN(CCCl)C1CC1. The minimum atomic E-state index is 0.757. The minimum Gasteiger partial charge on any atom is -0.296 e. The van der Waals surface area contributed by atoms with Gasteiger partial charge >= 0.3 is 0 Å². The fourth-order valence-electron chi connectivity index (χ4n) is 1.27. The average Bonchev–Trinajstić information content (AvgIpc) is 2.79. The van der Waals surface area contributed by atoms with Crippen LogP contribution in [-0.2, 0) is 0 Å². The van der Waals surface area contributed by atoms with Crippen molar-refractivity contribution in [1.29, 1.82) is 0 Å².